The number of hydrogen-bond donors (Lipinski definition) is 1. The van der Waals surface area contributed by atoms with E-state index in [0.29, 0.717) is 29.0 Å². The number of hydrogen-bond acceptors (Lipinski definition) is 4. The minimum atomic E-state index is -0.456. The highest BCUT2D eigenvalue weighted by atomic mass is 35.5. The molecule has 0 aliphatic heterocycles. The van der Waals surface area contributed by atoms with E-state index in [-0.39, 0.29) is 36.1 Å². The molecule has 1 heterocycles. The van der Waals surface area contributed by atoms with Crippen LogP contribution in [0, 0.1) is 5.82 Å². The largest absolute Gasteiger partial charge is 0.491 e. The number of benzene rings is 2. The molecule has 0 unspecified atom stereocenters. The number of rotatable bonds is 7. The van der Waals surface area contributed by atoms with Crippen LogP contribution in [0.1, 0.15) is 19.2 Å². The molecule has 0 saturated heterocycles. The van der Waals surface area contributed by atoms with Gasteiger partial charge in [-0.25, -0.2) is 9.37 Å². The van der Waals surface area contributed by atoms with Crippen LogP contribution in [0.25, 0.3) is 10.9 Å². The van der Waals surface area contributed by atoms with Crippen molar-refractivity contribution in [3.63, 3.8) is 0 Å². The molecule has 3 aromatic rings. The molecule has 0 radical (unpaired) electrons. The third-order valence-electron chi connectivity index (χ3n) is 4.20. The first-order valence-corrected chi connectivity index (χ1v) is 9.19. The Morgan fingerprint density at radius 3 is 2.82 bits per heavy atom. The molecule has 146 valence electrons. The van der Waals surface area contributed by atoms with Crippen molar-refractivity contribution in [2.45, 2.75) is 19.9 Å². The fraction of sp³-hybridized carbons (Fsp3) is 0.250. The molecule has 3 rings (SSSR count). The maximum atomic E-state index is 13.1. The fourth-order valence-electron chi connectivity index (χ4n) is 2.77. The fourth-order valence-corrected chi connectivity index (χ4v) is 2.99. The van der Waals surface area contributed by atoms with E-state index in [1.54, 1.807) is 29.2 Å². The molecule has 0 atom stereocenters. The van der Waals surface area contributed by atoms with Crippen molar-refractivity contribution in [1.82, 2.24) is 14.9 Å². The molecule has 0 aliphatic carbocycles. The van der Waals surface area contributed by atoms with E-state index in [9.17, 15) is 14.0 Å². The molecular weight excluding hydrogens is 385 g/mol. The summed E-state index contributed by atoms with van der Waals surface area (Å²) in [6, 6.07) is 10.8. The predicted octanol–water partition coefficient (Wildman–Crippen LogP) is 3.53. The third-order valence-corrected chi connectivity index (χ3v) is 4.50. The number of carbonyl (C=O) groups excluding carboxylic acids is 1. The van der Waals surface area contributed by atoms with Crippen LogP contribution in [0.15, 0.2) is 47.3 Å². The quantitative estimate of drug-likeness (QED) is 0.654. The van der Waals surface area contributed by atoms with E-state index in [2.05, 4.69) is 9.97 Å². The number of halogens is 2. The van der Waals surface area contributed by atoms with Gasteiger partial charge < -0.3 is 14.6 Å². The number of nitrogens with zero attached hydrogens (tertiary/aromatic N) is 2. The lowest BCUT2D eigenvalue weighted by Gasteiger charge is -2.20. The molecule has 6 nitrogen and oxygen atoms in total. The maximum Gasteiger partial charge on any atom is 0.258 e. The van der Waals surface area contributed by atoms with Crippen molar-refractivity contribution in [2.75, 3.05) is 13.2 Å². The summed E-state index contributed by atoms with van der Waals surface area (Å²) in [5.74, 6) is 0.125. The number of amides is 1. The molecule has 1 N–H and O–H groups in total. The van der Waals surface area contributed by atoms with E-state index >= 15 is 0 Å². The molecule has 28 heavy (non-hydrogen) atoms. The lowest BCUT2D eigenvalue weighted by molar-refractivity contribution is -0.132. The number of fused-ring (bicyclic) bond motifs is 1. The summed E-state index contributed by atoms with van der Waals surface area (Å²) in [4.78, 5) is 33.4. The SMILES string of the molecule is CCN(Cc1nc2ccccc2c(=O)[nH]1)C(=O)CCOc1ccc(F)cc1Cl. The highest BCUT2D eigenvalue weighted by Gasteiger charge is 2.15. The van der Waals surface area contributed by atoms with Crippen LogP contribution in [0.5, 0.6) is 5.75 Å². The van der Waals surface area contributed by atoms with Crippen molar-refractivity contribution in [3.8, 4) is 5.75 Å². The van der Waals surface area contributed by atoms with Crippen molar-refractivity contribution >= 4 is 28.4 Å². The molecule has 8 heteroatoms. The zero-order valence-electron chi connectivity index (χ0n) is 15.2. The third kappa shape index (κ3) is 4.67. The van der Waals surface area contributed by atoms with Gasteiger partial charge in [0.1, 0.15) is 17.4 Å². The Balaban J connectivity index is 1.63. The number of ether oxygens (including phenoxy) is 1. The van der Waals surface area contributed by atoms with Crippen molar-refractivity contribution < 1.29 is 13.9 Å². The van der Waals surface area contributed by atoms with E-state index in [0.717, 1.165) is 6.07 Å². The van der Waals surface area contributed by atoms with Gasteiger partial charge in [-0.3, -0.25) is 9.59 Å². The molecular formula is C20H19ClFN3O3. The minimum Gasteiger partial charge on any atom is -0.491 e. The number of H-pyrrole nitrogens is 1. The van der Waals surface area contributed by atoms with Crippen LogP contribution in [-0.4, -0.2) is 33.9 Å². The summed E-state index contributed by atoms with van der Waals surface area (Å²) >= 11 is 5.90. The standard InChI is InChI=1S/C20H19ClFN3O3/c1-2-25(12-18-23-16-6-4-3-5-14(16)20(27)24-18)19(26)9-10-28-17-8-7-13(22)11-15(17)21/h3-8,11H,2,9-10,12H2,1H3,(H,23,24,27). The summed E-state index contributed by atoms with van der Waals surface area (Å²) in [5.41, 5.74) is 0.345. The maximum absolute atomic E-state index is 13.1. The van der Waals surface area contributed by atoms with Crippen LogP contribution >= 0.6 is 11.6 Å². The Morgan fingerprint density at radius 1 is 1.29 bits per heavy atom. The summed E-state index contributed by atoms with van der Waals surface area (Å²) in [5, 5.41) is 0.655. The predicted molar refractivity (Wildman–Crippen MR) is 105 cm³/mol. The van der Waals surface area contributed by atoms with E-state index in [1.807, 2.05) is 6.92 Å². The first-order chi connectivity index (χ1) is 13.5. The first-order valence-electron chi connectivity index (χ1n) is 8.81. The molecule has 0 aliphatic rings. The summed E-state index contributed by atoms with van der Waals surface area (Å²) < 4.78 is 18.5. The Hall–Kier alpha value is -2.93. The molecule has 1 amide bonds. The van der Waals surface area contributed by atoms with Gasteiger partial charge in [0.15, 0.2) is 0 Å². The van der Waals surface area contributed by atoms with Crippen molar-refractivity contribution in [3.05, 3.63) is 69.5 Å². The zero-order valence-corrected chi connectivity index (χ0v) is 16.0. The van der Waals surface area contributed by atoms with Gasteiger partial charge in [-0.2, -0.15) is 0 Å². The smallest absolute Gasteiger partial charge is 0.258 e. The molecule has 0 fully saturated rings. The number of aromatic nitrogens is 2. The lowest BCUT2D eigenvalue weighted by atomic mass is 10.2. The second kappa shape index (κ2) is 8.84. The first kappa shape index (κ1) is 19.8. The van der Waals surface area contributed by atoms with Gasteiger partial charge in [0.05, 0.1) is 35.5 Å². The van der Waals surface area contributed by atoms with Gasteiger partial charge in [0, 0.05) is 6.54 Å². The second-order valence-corrected chi connectivity index (χ2v) is 6.52. The highest BCUT2D eigenvalue weighted by Crippen LogP contribution is 2.24. The summed E-state index contributed by atoms with van der Waals surface area (Å²) in [6.07, 6.45) is 0.110. The normalized spacial score (nSPS) is 10.8. The molecule has 1 aromatic heterocycles. The molecule has 0 bridgehead atoms. The monoisotopic (exact) mass is 403 g/mol. The average Bonchev–Trinajstić information content (AvgIpc) is 2.67. The van der Waals surface area contributed by atoms with Gasteiger partial charge in [0.25, 0.3) is 5.56 Å². The Labute approximate surface area is 165 Å². The minimum absolute atomic E-state index is 0.0996. The van der Waals surface area contributed by atoms with Gasteiger partial charge in [0.2, 0.25) is 5.91 Å². The zero-order chi connectivity index (χ0) is 20.1. The second-order valence-electron chi connectivity index (χ2n) is 6.11. The molecule has 0 saturated carbocycles. The van der Waals surface area contributed by atoms with E-state index in [1.165, 1.54) is 12.1 Å². The number of aromatic amines is 1. The van der Waals surface area contributed by atoms with Crippen molar-refractivity contribution in [2.24, 2.45) is 0 Å². The summed E-state index contributed by atoms with van der Waals surface area (Å²) in [7, 11) is 0. The van der Waals surface area contributed by atoms with Gasteiger partial charge in [-0.1, -0.05) is 23.7 Å². The van der Waals surface area contributed by atoms with E-state index in [4.69, 9.17) is 16.3 Å². The number of carbonyl (C=O) groups is 1. The Kier molecular flexibility index (Phi) is 6.26. The topological polar surface area (TPSA) is 75.3 Å². The van der Waals surface area contributed by atoms with Crippen LogP contribution < -0.4 is 10.3 Å². The highest BCUT2D eigenvalue weighted by molar-refractivity contribution is 6.32. The van der Waals surface area contributed by atoms with Gasteiger partial charge >= 0.3 is 0 Å². The number of nitrogens with one attached hydrogen (secondary N) is 1. The van der Waals surface area contributed by atoms with Crippen LogP contribution in [0.2, 0.25) is 5.02 Å². The Morgan fingerprint density at radius 2 is 2.07 bits per heavy atom. The average molecular weight is 404 g/mol. The lowest BCUT2D eigenvalue weighted by Crippen LogP contribution is -2.32. The van der Waals surface area contributed by atoms with Gasteiger partial charge in [-0.05, 0) is 37.3 Å². The molecule has 0 spiro atoms. The van der Waals surface area contributed by atoms with Crippen molar-refractivity contribution in [1.29, 1.82) is 0 Å². The summed E-state index contributed by atoms with van der Waals surface area (Å²) in [6.45, 7) is 2.58. The van der Waals surface area contributed by atoms with Gasteiger partial charge in [-0.15, -0.1) is 0 Å². The van der Waals surface area contributed by atoms with Crippen LogP contribution in [-0.2, 0) is 11.3 Å². The van der Waals surface area contributed by atoms with Crippen LogP contribution in [0.4, 0.5) is 4.39 Å². The van der Waals surface area contributed by atoms with Crippen LogP contribution in [0.3, 0.4) is 0 Å². The Bertz CT molecular complexity index is 1050. The number of para-hydroxylation sites is 1. The van der Waals surface area contributed by atoms with E-state index < -0.39 is 5.82 Å². The molecule has 2 aromatic carbocycles.